The monoisotopic (exact) mass is 292 g/mol. The molecule has 0 aliphatic rings. The minimum atomic E-state index is -0.408. The Bertz CT molecular complexity index is 493. The van der Waals surface area contributed by atoms with Crippen LogP contribution in [-0.4, -0.2) is 51.1 Å². The SMILES string of the molecule is COC(=O)c1ccc(C(=O)NCC(C)(C)CN(C)C)cc1. The Labute approximate surface area is 126 Å². The lowest BCUT2D eigenvalue weighted by Crippen LogP contribution is -2.39. The Morgan fingerprint density at radius 2 is 1.67 bits per heavy atom. The fourth-order valence-corrected chi connectivity index (χ4v) is 2.21. The molecule has 0 spiro atoms. The summed E-state index contributed by atoms with van der Waals surface area (Å²) in [5.41, 5.74) is 0.954. The highest BCUT2D eigenvalue weighted by Crippen LogP contribution is 2.14. The standard InChI is InChI=1S/C16H24N2O3/c1-16(2,11-18(3)4)10-17-14(19)12-6-8-13(9-7-12)15(20)21-5/h6-9H,10-11H2,1-5H3,(H,17,19). The number of benzene rings is 1. The van der Waals surface area contributed by atoms with Gasteiger partial charge < -0.3 is 15.0 Å². The van der Waals surface area contributed by atoms with Crippen molar-refractivity contribution in [1.82, 2.24) is 10.2 Å². The van der Waals surface area contributed by atoms with Gasteiger partial charge in [-0.1, -0.05) is 13.8 Å². The van der Waals surface area contributed by atoms with Crippen LogP contribution in [0, 0.1) is 5.41 Å². The third kappa shape index (κ3) is 5.55. The van der Waals surface area contributed by atoms with Crippen LogP contribution in [0.5, 0.6) is 0 Å². The predicted octanol–water partition coefficient (Wildman–Crippen LogP) is 1.79. The summed E-state index contributed by atoms with van der Waals surface area (Å²) < 4.78 is 4.62. The smallest absolute Gasteiger partial charge is 0.337 e. The quantitative estimate of drug-likeness (QED) is 0.812. The van der Waals surface area contributed by atoms with Gasteiger partial charge in [0.1, 0.15) is 0 Å². The van der Waals surface area contributed by atoms with E-state index in [1.165, 1.54) is 7.11 Å². The molecular formula is C16H24N2O3. The molecule has 0 radical (unpaired) electrons. The van der Waals surface area contributed by atoms with Crippen molar-refractivity contribution in [3.8, 4) is 0 Å². The Morgan fingerprint density at radius 1 is 1.14 bits per heavy atom. The van der Waals surface area contributed by atoms with Crippen LogP contribution in [0.3, 0.4) is 0 Å². The Balaban J connectivity index is 2.62. The van der Waals surface area contributed by atoms with Crippen LogP contribution in [0.2, 0.25) is 0 Å². The van der Waals surface area contributed by atoms with E-state index in [9.17, 15) is 9.59 Å². The van der Waals surface area contributed by atoms with Gasteiger partial charge >= 0.3 is 5.97 Å². The maximum Gasteiger partial charge on any atom is 0.337 e. The van der Waals surface area contributed by atoms with Crippen molar-refractivity contribution in [3.05, 3.63) is 35.4 Å². The van der Waals surface area contributed by atoms with Gasteiger partial charge in [0, 0.05) is 18.7 Å². The average Bonchev–Trinajstić information content (AvgIpc) is 2.43. The Kier molecular flexibility index (Phi) is 5.90. The molecule has 1 aromatic rings. The van der Waals surface area contributed by atoms with Crippen LogP contribution in [0.25, 0.3) is 0 Å². The number of ether oxygens (including phenoxy) is 1. The van der Waals surface area contributed by atoms with Crippen molar-refractivity contribution in [2.24, 2.45) is 5.41 Å². The van der Waals surface area contributed by atoms with E-state index in [-0.39, 0.29) is 11.3 Å². The molecule has 5 heteroatoms. The maximum absolute atomic E-state index is 12.1. The van der Waals surface area contributed by atoms with Crippen molar-refractivity contribution in [2.45, 2.75) is 13.8 Å². The van der Waals surface area contributed by atoms with Crippen LogP contribution >= 0.6 is 0 Å². The highest BCUT2D eigenvalue weighted by molar-refractivity contribution is 5.96. The number of rotatable bonds is 6. The first kappa shape index (κ1) is 17.2. The van der Waals surface area contributed by atoms with Crippen molar-refractivity contribution >= 4 is 11.9 Å². The lowest BCUT2D eigenvalue weighted by molar-refractivity contribution is 0.0600. The Morgan fingerprint density at radius 3 is 2.14 bits per heavy atom. The lowest BCUT2D eigenvalue weighted by Gasteiger charge is -2.28. The second-order valence-electron chi connectivity index (χ2n) is 6.15. The van der Waals surface area contributed by atoms with Gasteiger partial charge in [-0.15, -0.1) is 0 Å². The van der Waals surface area contributed by atoms with Crippen molar-refractivity contribution in [2.75, 3.05) is 34.3 Å². The number of carbonyl (C=O) groups excluding carboxylic acids is 2. The molecule has 0 saturated heterocycles. The molecule has 5 nitrogen and oxygen atoms in total. The minimum absolute atomic E-state index is 0.00881. The van der Waals surface area contributed by atoms with Crippen LogP contribution in [0.1, 0.15) is 34.6 Å². The molecule has 0 aliphatic carbocycles. The molecule has 0 aliphatic heterocycles. The first-order chi connectivity index (χ1) is 9.75. The highest BCUT2D eigenvalue weighted by atomic mass is 16.5. The summed E-state index contributed by atoms with van der Waals surface area (Å²) in [4.78, 5) is 25.5. The third-order valence-electron chi connectivity index (χ3n) is 3.04. The van der Waals surface area contributed by atoms with E-state index in [0.29, 0.717) is 17.7 Å². The zero-order chi connectivity index (χ0) is 16.0. The first-order valence-electron chi connectivity index (χ1n) is 6.86. The fourth-order valence-electron chi connectivity index (χ4n) is 2.21. The predicted molar refractivity (Wildman–Crippen MR) is 82.4 cm³/mol. The van der Waals surface area contributed by atoms with Gasteiger partial charge in [-0.3, -0.25) is 4.79 Å². The zero-order valence-corrected chi connectivity index (χ0v) is 13.4. The zero-order valence-electron chi connectivity index (χ0n) is 13.4. The van der Waals surface area contributed by atoms with Crippen molar-refractivity contribution in [3.63, 3.8) is 0 Å². The van der Waals surface area contributed by atoms with Crippen molar-refractivity contribution in [1.29, 1.82) is 0 Å². The van der Waals surface area contributed by atoms with Gasteiger partial charge in [0.25, 0.3) is 5.91 Å². The van der Waals surface area contributed by atoms with Gasteiger partial charge in [-0.05, 0) is 43.8 Å². The van der Waals surface area contributed by atoms with Crippen molar-refractivity contribution < 1.29 is 14.3 Å². The number of hydrogen-bond acceptors (Lipinski definition) is 4. The van der Waals surface area contributed by atoms with E-state index < -0.39 is 5.97 Å². The van der Waals surface area contributed by atoms with Gasteiger partial charge in [0.15, 0.2) is 0 Å². The summed E-state index contributed by atoms with van der Waals surface area (Å²) >= 11 is 0. The molecular weight excluding hydrogens is 268 g/mol. The second-order valence-corrected chi connectivity index (χ2v) is 6.15. The number of nitrogens with zero attached hydrogens (tertiary/aromatic N) is 1. The van der Waals surface area contributed by atoms with E-state index in [4.69, 9.17) is 0 Å². The van der Waals surface area contributed by atoms with Gasteiger partial charge in [-0.25, -0.2) is 4.79 Å². The van der Waals surface area contributed by atoms with Crippen LogP contribution in [-0.2, 0) is 4.74 Å². The van der Waals surface area contributed by atoms with Gasteiger partial charge in [0.05, 0.1) is 12.7 Å². The van der Waals surface area contributed by atoms with Gasteiger partial charge in [-0.2, -0.15) is 0 Å². The van der Waals surface area contributed by atoms with E-state index in [1.807, 2.05) is 14.1 Å². The molecule has 0 fully saturated rings. The van der Waals surface area contributed by atoms with E-state index in [0.717, 1.165) is 6.54 Å². The molecule has 0 atom stereocenters. The number of esters is 1. The summed E-state index contributed by atoms with van der Waals surface area (Å²) in [6, 6.07) is 6.43. The number of carbonyl (C=O) groups is 2. The molecule has 1 rings (SSSR count). The minimum Gasteiger partial charge on any atom is -0.465 e. The Hall–Kier alpha value is -1.88. The molecule has 0 saturated carbocycles. The molecule has 1 aromatic carbocycles. The number of amides is 1. The fraction of sp³-hybridized carbons (Fsp3) is 0.500. The molecule has 0 aromatic heterocycles. The molecule has 21 heavy (non-hydrogen) atoms. The van der Waals surface area contributed by atoms with Crippen LogP contribution in [0.4, 0.5) is 0 Å². The number of methoxy groups -OCH3 is 1. The lowest BCUT2D eigenvalue weighted by atomic mass is 9.93. The third-order valence-corrected chi connectivity index (χ3v) is 3.04. The van der Waals surface area contributed by atoms with E-state index in [1.54, 1.807) is 24.3 Å². The molecule has 116 valence electrons. The largest absolute Gasteiger partial charge is 0.465 e. The van der Waals surface area contributed by atoms with Crippen LogP contribution < -0.4 is 5.32 Å². The van der Waals surface area contributed by atoms with E-state index >= 15 is 0 Å². The topological polar surface area (TPSA) is 58.6 Å². The second kappa shape index (κ2) is 7.22. The molecule has 0 unspecified atom stereocenters. The number of nitrogens with one attached hydrogen (secondary N) is 1. The molecule has 1 N–H and O–H groups in total. The molecule has 0 bridgehead atoms. The molecule has 1 amide bonds. The summed E-state index contributed by atoms with van der Waals surface area (Å²) in [7, 11) is 5.35. The maximum atomic E-state index is 12.1. The summed E-state index contributed by atoms with van der Waals surface area (Å²) in [5, 5.41) is 2.93. The van der Waals surface area contributed by atoms with E-state index in [2.05, 4.69) is 28.8 Å². The van der Waals surface area contributed by atoms with Crippen LogP contribution in [0.15, 0.2) is 24.3 Å². The average molecular weight is 292 g/mol. The first-order valence-corrected chi connectivity index (χ1v) is 6.86. The number of hydrogen-bond donors (Lipinski definition) is 1. The molecule has 0 heterocycles. The summed E-state index contributed by atoms with van der Waals surface area (Å²) in [5.74, 6) is -0.549. The summed E-state index contributed by atoms with van der Waals surface area (Å²) in [6.07, 6.45) is 0. The van der Waals surface area contributed by atoms with Gasteiger partial charge in [0.2, 0.25) is 0 Å². The highest BCUT2D eigenvalue weighted by Gasteiger charge is 2.20. The summed E-state index contributed by atoms with van der Waals surface area (Å²) in [6.45, 7) is 5.68. The normalized spacial score (nSPS) is 11.3.